The van der Waals surface area contributed by atoms with Crippen LogP contribution in [0.3, 0.4) is 0 Å². The van der Waals surface area contributed by atoms with Crippen LogP contribution in [0, 0.1) is 0 Å². The minimum Gasteiger partial charge on any atom is -0.378 e. The van der Waals surface area contributed by atoms with Crippen LogP contribution in [0.5, 0.6) is 0 Å². The van der Waals surface area contributed by atoms with E-state index in [4.69, 9.17) is 4.74 Å². The van der Waals surface area contributed by atoms with E-state index in [1.54, 1.807) is 25.1 Å². The van der Waals surface area contributed by atoms with E-state index >= 15 is 0 Å². The van der Waals surface area contributed by atoms with Crippen molar-refractivity contribution in [3.05, 3.63) is 60.2 Å². The third kappa shape index (κ3) is 4.37. The lowest BCUT2D eigenvalue weighted by Crippen LogP contribution is -2.36. The van der Waals surface area contributed by atoms with Gasteiger partial charge in [-0.15, -0.1) is 0 Å². The number of nitrogens with zero attached hydrogens (tertiary/aromatic N) is 2. The zero-order valence-corrected chi connectivity index (χ0v) is 14.9. The van der Waals surface area contributed by atoms with Crippen molar-refractivity contribution < 1.29 is 13.2 Å². The Hall–Kier alpha value is -2.38. The minimum absolute atomic E-state index is 0.189. The van der Waals surface area contributed by atoms with E-state index in [1.165, 1.54) is 12.1 Å². The van der Waals surface area contributed by atoms with Gasteiger partial charge >= 0.3 is 0 Å². The summed E-state index contributed by atoms with van der Waals surface area (Å²) >= 11 is 0. The number of anilines is 1. The van der Waals surface area contributed by atoms with Crippen molar-refractivity contribution in [1.82, 2.24) is 4.83 Å². The van der Waals surface area contributed by atoms with Gasteiger partial charge in [0.05, 0.1) is 23.8 Å². The fraction of sp³-hybridized carbons (Fsp3) is 0.278. The first-order valence-corrected chi connectivity index (χ1v) is 9.59. The Morgan fingerprint density at radius 3 is 2.32 bits per heavy atom. The summed E-state index contributed by atoms with van der Waals surface area (Å²) in [5.74, 6) is 0. The number of nitrogens with one attached hydrogen (secondary N) is 1. The molecular weight excluding hydrogens is 338 g/mol. The number of ether oxygens (including phenoxy) is 1. The van der Waals surface area contributed by atoms with Crippen LogP contribution in [0.2, 0.25) is 0 Å². The maximum absolute atomic E-state index is 12.2. The third-order valence-electron chi connectivity index (χ3n) is 4.05. The largest absolute Gasteiger partial charge is 0.378 e. The summed E-state index contributed by atoms with van der Waals surface area (Å²) < 4.78 is 29.7. The molecule has 0 atom stereocenters. The van der Waals surface area contributed by atoms with Gasteiger partial charge in [-0.05, 0) is 36.8 Å². The highest BCUT2D eigenvalue weighted by molar-refractivity contribution is 7.89. The molecule has 25 heavy (non-hydrogen) atoms. The van der Waals surface area contributed by atoms with Gasteiger partial charge in [-0.1, -0.05) is 30.3 Å². The zero-order chi connectivity index (χ0) is 17.7. The molecule has 0 aliphatic carbocycles. The van der Waals surface area contributed by atoms with Crippen molar-refractivity contribution in [2.24, 2.45) is 5.10 Å². The number of hydrazone groups is 1. The van der Waals surface area contributed by atoms with E-state index in [0.717, 1.165) is 37.6 Å². The summed E-state index contributed by atoms with van der Waals surface area (Å²) in [6.07, 6.45) is 0. The Labute approximate surface area is 148 Å². The molecule has 0 spiro atoms. The van der Waals surface area contributed by atoms with Crippen LogP contribution in [0.1, 0.15) is 12.5 Å². The summed E-state index contributed by atoms with van der Waals surface area (Å²) in [6.45, 7) is 5.01. The summed E-state index contributed by atoms with van der Waals surface area (Å²) in [7, 11) is -3.65. The smallest absolute Gasteiger partial charge is 0.276 e. The number of hydrogen-bond acceptors (Lipinski definition) is 5. The van der Waals surface area contributed by atoms with Gasteiger partial charge in [0.25, 0.3) is 10.0 Å². The monoisotopic (exact) mass is 359 g/mol. The van der Waals surface area contributed by atoms with Gasteiger partial charge in [0, 0.05) is 18.8 Å². The van der Waals surface area contributed by atoms with Crippen molar-refractivity contribution in [2.75, 3.05) is 31.2 Å². The molecular formula is C18H21N3O3S. The average Bonchev–Trinajstić information content (AvgIpc) is 2.68. The molecule has 6 nitrogen and oxygen atoms in total. The molecule has 132 valence electrons. The Kier molecular flexibility index (Phi) is 5.35. The van der Waals surface area contributed by atoms with E-state index in [1.807, 2.05) is 24.3 Å². The normalized spacial score (nSPS) is 15.9. The molecule has 1 saturated heterocycles. The number of morpholine rings is 1. The standard InChI is InChI=1S/C18H21N3O3S/c1-15(19-20-25(22,23)18-5-3-2-4-6-18)16-7-9-17(10-8-16)21-11-13-24-14-12-21/h2-10,20H,11-14H2,1H3/b19-15-. The predicted molar refractivity (Wildman–Crippen MR) is 98.4 cm³/mol. The van der Waals surface area contributed by atoms with Crippen LogP contribution in [-0.4, -0.2) is 40.4 Å². The summed E-state index contributed by atoms with van der Waals surface area (Å²) in [4.78, 5) is 4.74. The maximum Gasteiger partial charge on any atom is 0.276 e. The maximum atomic E-state index is 12.2. The lowest BCUT2D eigenvalue weighted by atomic mass is 10.1. The van der Waals surface area contributed by atoms with Gasteiger partial charge in [-0.2, -0.15) is 18.4 Å². The first kappa shape index (κ1) is 17.4. The van der Waals surface area contributed by atoms with E-state index in [0.29, 0.717) is 5.71 Å². The molecule has 0 unspecified atom stereocenters. The van der Waals surface area contributed by atoms with Gasteiger partial charge in [0.2, 0.25) is 0 Å². The average molecular weight is 359 g/mol. The van der Waals surface area contributed by atoms with Crippen molar-refractivity contribution in [2.45, 2.75) is 11.8 Å². The van der Waals surface area contributed by atoms with Crippen molar-refractivity contribution in [3.63, 3.8) is 0 Å². The second-order valence-corrected chi connectivity index (χ2v) is 7.41. The zero-order valence-electron chi connectivity index (χ0n) is 14.1. The van der Waals surface area contributed by atoms with Crippen LogP contribution < -0.4 is 9.73 Å². The highest BCUT2D eigenvalue weighted by atomic mass is 32.2. The number of hydrogen-bond donors (Lipinski definition) is 1. The van der Waals surface area contributed by atoms with E-state index in [-0.39, 0.29) is 4.90 Å². The molecule has 0 aromatic heterocycles. The summed E-state index contributed by atoms with van der Waals surface area (Å²) in [6, 6.07) is 16.1. The third-order valence-corrected chi connectivity index (χ3v) is 5.27. The van der Waals surface area contributed by atoms with Crippen LogP contribution in [0.25, 0.3) is 0 Å². The Morgan fingerprint density at radius 2 is 1.68 bits per heavy atom. The first-order chi connectivity index (χ1) is 12.1. The minimum atomic E-state index is -3.65. The summed E-state index contributed by atoms with van der Waals surface area (Å²) in [5, 5.41) is 4.03. The molecule has 0 saturated carbocycles. The fourth-order valence-corrected chi connectivity index (χ4v) is 3.46. The van der Waals surface area contributed by atoms with Crippen molar-refractivity contribution >= 4 is 21.4 Å². The second-order valence-electron chi connectivity index (χ2n) is 5.75. The van der Waals surface area contributed by atoms with Gasteiger partial charge in [-0.25, -0.2) is 0 Å². The lowest BCUT2D eigenvalue weighted by Gasteiger charge is -2.28. The van der Waals surface area contributed by atoms with E-state index in [9.17, 15) is 8.42 Å². The Bertz CT molecular complexity index is 828. The second kappa shape index (κ2) is 7.67. The van der Waals surface area contributed by atoms with Gasteiger partial charge in [-0.3, -0.25) is 0 Å². The summed E-state index contributed by atoms with van der Waals surface area (Å²) in [5.41, 5.74) is 2.60. The molecule has 0 radical (unpaired) electrons. The molecule has 1 aliphatic rings. The molecule has 2 aromatic carbocycles. The van der Waals surface area contributed by atoms with Crippen LogP contribution in [0.4, 0.5) is 5.69 Å². The quantitative estimate of drug-likeness (QED) is 0.656. The van der Waals surface area contributed by atoms with Crippen molar-refractivity contribution in [1.29, 1.82) is 0 Å². The molecule has 7 heteroatoms. The van der Waals surface area contributed by atoms with Gasteiger partial charge < -0.3 is 9.64 Å². The highest BCUT2D eigenvalue weighted by Crippen LogP contribution is 2.17. The van der Waals surface area contributed by atoms with Gasteiger partial charge in [0.1, 0.15) is 0 Å². The molecule has 1 heterocycles. The van der Waals surface area contributed by atoms with Crippen LogP contribution >= 0.6 is 0 Å². The number of sulfonamides is 1. The lowest BCUT2D eigenvalue weighted by molar-refractivity contribution is 0.122. The SMILES string of the molecule is C/C(=N/NS(=O)(=O)c1ccccc1)c1ccc(N2CCOCC2)cc1. The fourth-order valence-electron chi connectivity index (χ4n) is 2.58. The topological polar surface area (TPSA) is 71.0 Å². The first-order valence-electron chi connectivity index (χ1n) is 8.10. The molecule has 3 rings (SSSR count). The Balaban J connectivity index is 1.70. The van der Waals surface area contributed by atoms with Crippen LogP contribution in [0.15, 0.2) is 64.6 Å². The number of benzene rings is 2. The van der Waals surface area contributed by atoms with Gasteiger partial charge in [0.15, 0.2) is 0 Å². The Morgan fingerprint density at radius 1 is 1.04 bits per heavy atom. The molecule has 2 aromatic rings. The molecule has 1 fully saturated rings. The van der Waals surface area contributed by atoms with E-state index < -0.39 is 10.0 Å². The molecule has 0 amide bonds. The predicted octanol–water partition coefficient (Wildman–Crippen LogP) is 2.23. The molecule has 1 N–H and O–H groups in total. The van der Waals surface area contributed by atoms with E-state index in [2.05, 4.69) is 14.8 Å². The van der Waals surface area contributed by atoms with Crippen molar-refractivity contribution in [3.8, 4) is 0 Å². The molecule has 0 bridgehead atoms. The number of rotatable bonds is 5. The van der Waals surface area contributed by atoms with Crippen LogP contribution in [-0.2, 0) is 14.8 Å². The molecule has 1 aliphatic heterocycles. The highest BCUT2D eigenvalue weighted by Gasteiger charge is 2.13.